The van der Waals surface area contributed by atoms with Crippen LogP contribution in [0.4, 0.5) is 13.6 Å². The zero-order chi connectivity index (χ0) is 15.9. The van der Waals surface area contributed by atoms with Crippen LogP contribution in [0.3, 0.4) is 0 Å². The van der Waals surface area contributed by atoms with E-state index in [0.717, 1.165) is 0 Å². The summed E-state index contributed by atoms with van der Waals surface area (Å²) in [6, 6.07) is 11.3. The minimum Gasteiger partial charge on any atom is -0.386 e. The molecule has 0 aliphatic carbocycles. The van der Waals surface area contributed by atoms with E-state index >= 15 is 0 Å². The van der Waals surface area contributed by atoms with Crippen LogP contribution in [-0.4, -0.2) is 17.7 Å². The van der Waals surface area contributed by atoms with Crippen molar-refractivity contribution < 1.29 is 18.7 Å². The Morgan fingerprint density at radius 2 is 1.64 bits per heavy atom. The first kappa shape index (κ1) is 15.9. The number of carbonyl (C=O) groups is 1. The highest BCUT2D eigenvalue weighted by Crippen LogP contribution is 2.15. The molecule has 0 heterocycles. The smallest absolute Gasteiger partial charge is 0.315 e. The first-order valence-corrected chi connectivity index (χ1v) is 6.75. The summed E-state index contributed by atoms with van der Waals surface area (Å²) in [7, 11) is 0. The number of urea groups is 1. The Hall–Kier alpha value is -2.47. The quantitative estimate of drug-likeness (QED) is 0.795. The Bertz CT molecular complexity index is 650. The maximum Gasteiger partial charge on any atom is 0.315 e. The predicted molar refractivity (Wildman–Crippen MR) is 78.0 cm³/mol. The fourth-order valence-corrected chi connectivity index (χ4v) is 1.92. The molecule has 0 aliphatic heterocycles. The van der Waals surface area contributed by atoms with Crippen molar-refractivity contribution in [2.45, 2.75) is 12.6 Å². The van der Waals surface area contributed by atoms with E-state index in [4.69, 9.17) is 0 Å². The largest absolute Gasteiger partial charge is 0.386 e. The number of carbonyl (C=O) groups excluding carboxylic acids is 1. The highest BCUT2D eigenvalue weighted by Gasteiger charge is 2.13. The van der Waals surface area contributed by atoms with Gasteiger partial charge in [-0.1, -0.05) is 36.4 Å². The zero-order valence-corrected chi connectivity index (χ0v) is 11.7. The lowest BCUT2D eigenvalue weighted by atomic mass is 10.1. The Morgan fingerprint density at radius 3 is 2.32 bits per heavy atom. The maximum absolute atomic E-state index is 13.4. The average Bonchev–Trinajstić information content (AvgIpc) is 2.52. The second-order valence-electron chi connectivity index (χ2n) is 4.69. The van der Waals surface area contributed by atoms with E-state index in [1.54, 1.807) is 24.3 Å². The lowest BCUT2D eigenvalue weighted by Gasteiger charge is -2.13. The van der Waals surface area contributed by atoms with Crippen LogP contribution in [0.25, 0.3) is 0 Å². The van der Waals surface area contributed by atoms with Crippen LogP contribution in [0, 0.1) is 11.6 Å². The molecule has 0 radical (unpaired) electrons. The van der Waals surface area contributed by atoms with Gasteiger partial charge in [0.15, 0.2) is 0 Å². The molecule has 22 heavy (non-hydrogen) atoms. The number of amides is 2. The molecule has 0 spiro atoms. The second kappa shape index (κ2) is 7.51. The van der Waals surface area contributed by atoms with Gasteiger partial charge >= 0.3 is 6.03 Å². The number of rotatable bonds is 5. The van der Waals surface area contributed by atoms with Crippen molar-refractivity contribution >= 4 is 6.03 Å². The SMILES string of the molecule is O=C(NCc1ccccc1F)NCC(O)c1ccccc1F. The topological polar surface area (TPSA) is 61.4 Å². The molecule has 2 aromatic carbocycles. The summed E-state index contributed by atoms with van der Waals surface area (Å²) in [6.07, 6.45) is -1.15. The molecule has 6 heteroatoms. The molecule has 0 aromatic heterocycles. The monoisotopic (exact) mass is 306 g/mol. The van der Waals surface area contributed by atoms with Gasteiger partial charge in [0.2, 0.25) is 0 Å². The highest BCUT2D eigenvalue weighted by atomic mass is 19.1. The maximum atomic E-state index is 13.4. The van der Waals surface area contributed by atoms with E-state index in [-0.39, 0.29) is 18.7 Å². The molecule has 3 N–H and O–H groups in total. The van der Waals surface area contributed by atoms with E-state index < -0.39 is 23.8 Å². The summed E-state index contributed by atoms with van der Waals surface area (Å²) in [5, 5.41) is 14.7. The molecule has 1 atom stereocenters. The highest BCUT2D eigenvalue weighted by molar-refractivity contribution is 5.73. The van der Waals surface area contributed by atoms with Gasteiger partial charge in [0.05, 0.1) is 6.10 Å². The first-order chi connectivity index (χ1) is 10.6. The van der Waals surface area contributed by atoms with Crippen molar-refractivity contribution in [2.24, 2.45) is 0 Å². The van der Waals surface area contributed by atoms with Crippen LogP contribution >= 0.6 is 0 Å². The molecule has 0 fully saturated rings. The minimum atomic E-state index is -1.15. The number of aliphatic hydroxyl groups is 1. The van der Waals surface area contributed by atoms with Gasteiger partial charge in [-0.2, -0.15) is 0 Å². The number of hydrogen-bond acceptors (Lipinski definition) is 2. The van der Waals surface area contributed by atoms with E-state index in [1.807, 2.05) is 0 Å². The third kappa shape index (κ3) is 4.26. The molecule has 2 amide bonds. The number of aliphatic hydroxyl groups excluding tert-OH is 1. The number of nitrogens with one attached hydrogen (secondary N) is 2. The van der Waals surface area contributed by atoms with Crippen LogP contribution < -0.4 is 10.6 Å². The van der Waals surface area contributed by atoms with Gasteiger partial charge in [-0.05, 0) is 12.1 Å². The van der Waals surface area contributed by atoms with E-state index in [2.05, 4.69) is 10.6 Å². The van der Waals surface area contributed by atoms with Gasteiger partial charge in [0.25, 0.3) is 0 Å². The Kier molecular flexibility index (Phi) is 5.43. The summed E-state index contributed by atoms with van der Waals surface area (Å²) >= 11 is 0. The van der Waals surface area contributed by atoms with Gasteiger partial charge in [-0.25, -0.2) is 13.6 Å². The number of halogens is 2. The fourth-order valence-electron chi connectivity index (χ4n) is 1.92. The van der Waals surface area contributed by atoms with Gasteiger partial charge in [0.1, 0.15) is 11.6 Å². The first-order valence-electron chi connectivity index (χ1n) is 6.75. The van der Waals surface area contributed by atoms with Crippen LogP contribution in [0.5, 0.6) is 0 Å². The van der Waals surface area contributed by atoms with E-state index in [1.165, 1.54) is 24.3 Å². The lowest BCUT2D eigenvalue weighted by Crippen LogP contribution is -2.37. The van der Waals surface area contributed by atoms with Crippen molar-refractivity contribution in [3.05, 3.63) is 71.3 Å². The molecule has 2 aromatic rings. The van der Waals surface area contributed by atoms with Crippen molar-refractivity contribution in [2.75, 3.05) is 6.54 Å². The van der Waals surface area contributed by atoms with Crippen molar-refractivity contribution in [3.8, 4) is 0 Å². The molecule has 1 unspecified atom stereocenters. The molecular weight excluding hydrogens is 290 g/mol. The zero-order valence-electron chi connectivity index (χ0n) is 11.7. The Labute approximate surface area is 126 Å². The van der Waals surface area contributed by atoms with Gasteiger partial charge < -0.3 is 15.7 Å². The molecule has 0 aliphatic rings. The standard InChI is InChI=1S/C16H16F2N2O2/c17-13-7-3-1-5-11(13)9-19-16(22)20-10-15(21)12-6-2-4-8-14(12)18/h1-8,15,21H,9-10H2,(H2,19,20,22). The third-order valence-corrected chi connectivity index (χ3v) is 3.12. The summed E-state index contributed by atoms with van der Waals surface area (Å²) in [5.74, 6) is -0.947. The second-order valence-corrected chi connectivity index (χ2v) is 4.69. The molecule has 0 bridgehead atoms. The summed E-state index contributed by atoms with van der Waals surface area (Å²) in [6.45, 7) is -0.127. The van der Waals surface area contributed by atoms with Crippen LogP contribution in [0.2, 0.25) is 0 Å². The van der Waals surface area contributed by atoms with Crippen LogP contribution in [0.15, 0.2) is 48.5 Å². The minimum absolute atomic E-state index is 0.0221. The van der Waals surface area contributed by atoms with E-state index in [9.17, 15) is 18.7 Å². The normalized spacial score (nSPS) is 11.8. The van der Waals surface area contributed by atoms with E-state index in [0.29, 0.717) is 5.56 Å². The summed E-state index contributed by atoms with van der Waals surface area (Å²) < 4.78 is 26.8. The average molecular weight is 306 g/mol. The molecule has 0 saturated heterocycles. The van der Waals surface area contributed by atoms with Crippen molar-refractivity contribution in [1.82, 2.24) is 10.6 Å². The van der Waals surface area contributed by atoms with Crippen LogP contribution in [-0.2, 0) is 6.54 Å². The van der Waals surface area contributed by atoms with Gasteiger partial charge in [0, 0.05) is 24.2 Å². The van der Waals surface area contributed by atoms with Crippen molar-refractivity contribution in [1.29, 1.82) is 0 Å². The Morgan fingerprint density at radius 1 is 1.00 bits per heavy atom. The van der Waals surface area contributed by atoms with Crippen LogP contribution in [0.1, 0.15) is 17.2 Å². The summed E-state index contributed by atoms with van der Waals surface area (Å²) in [4.78, 5) is 11.6. The molecule has 0 saturated carbocycles. The molecular formula is C16H16F2N2O2. The summed E-state index contributed by atoms with van der Waals surface area (Å²) in [5.41, 5.74) is 0.462. The van der Waals surface area contributed by atoms with Gasteiger partial charge in [-0.3, -0.25) is 0 Å². The molecule has 2 rings (SSSR count). The third-order valence-electron chi connectivity index (χ3n) is 3.12. The Balaban J connectivity index is 1.81. The lowest BCUT2D eigenvalue weighted by molar-refractivity contribution is 0.169. The van der Waals surface area contributed by atoms with Gasteiger partial charge in [-0.15, -0.1) is 0 Å². The predicted octanol–water partition coefficient (Wildman–Crippen LogP) is 2.50. The fraction of sp³-hybridized carbons (Fsp3) is 0.188. The van der Waals surface area contributed by atoms with Crippen molar-refractivity contribution in [3.63, 3.8) is 0 Å². The number of hydrogen-bond donors (Lipinski definition) is 3. The molecule has 4 nitrogen and oxygen atoms in total. The molecule has 116 valence electrons. The number of benzene rings is 2.